The van der Waals surface area contributed by atoms with Crippen LogP contribution >= 0.6 is 0 Å². The predicted molar refractivity (Wildman–Crippen MR) is 105 cm³/mol. The molecule has 3 rings (SSSR count). The third-order valence-electron chi connectivity index (χ3n) is 6.31. The summed E-state index contributed by atoms with van der Waals surface area (Å²) in [6.07, 6.45) is 6.84. The van der Waals surface area contributed by atoms with Gasteiger partial charge >= 0.3 is 0 Å². The highest BCUT2D eigenvalue weighted by Crippen LogP contribution is 2.39. The average Bonchev–Trinajstić information content (AvgIpc) is 2.62. The van der Waals surface area contributed by atoms with Gasteiger partial charge in [-0.25, -0.2) is 0 Å². The van der Waals surface area contributed by atoms with Crippen molar-refractivity contribution in [3.63, 3.8) is 0 Å². The van der Waals surface area contributed by atoms with E-state index < -0.39 is 0 Å². The zero-order valence-electron chi connectivity index (χ0n) is 16.3. The van der Waals surface area contributed by atoms with E-state index in [1.807, 2.05) is 11.8 Å². The molecule has 0 saturated heterocycles. The van der Waals surface area contributed by atoms with Crippen LogP contribution in [-0.2, 0) is 4.79 Å². The lowest BCUT2D eigenvalue weighted by molar-refractivity contribution is -0.118. The third-order valence-corrected chi connectivity index (χ3v) is 6.31. The number of fused-ring (bicyclic) bond motifs is 1. The Bertz CT molecular complexity index is 589. The fourth-order valence-corrected chi connectivity index (χ4v) is 4.76. The Balaban J connectivity index is 1.74. The molecule has 2 aliphatic rings. The quantitative estimate of drug-likeness (QED) is 0.829. The topological polar surface area (TPSA) is 32.3 Å². The molecule has 1 aromatic carbocycles. The summed E-state index contributed by atoms with van der Waals surface area (Å²) in [4.78, 5) is 14.5. The van der Waals surface area contributed by atoms with Gasteiger partial charge in [-0.2, -0.15) is 0 Å². The number of carbonyl (C=O) groups is 1. The number of hydrogen-bond donors (Lipinski definition) is 1. The first-order valence-corrected chi connectivity index (χ1v) is 10.2. The van der Waals surface area contributed by atoms with Crippen LogP contribution in [0.3, 0.4) is 0 Å². The summed E-state index contributed by atoms with van der Waals surface area (Å²) in [6.45, 7) is 8.86. The number of nitrogens with one attached hydrogen (secondary N) is 1. The molecule has 1 amide bonds. The Morgan fingerprint density at radius 3 is 2.52 bits per heavy atom. The fourth-order valence-electron chi connectivity index (χ4n) is 4.76. The zero-order chi connectivity index (χ0) is 18.0. The Labute approximate surface area is 153 Å². The van der Waals surface area contributed by atoms with E-state index in [9.17, 15) is 4.79 Å². The van der Waals surface area contributed by atoms with Crippen molar-refractivity contribution in [2.24, 2.45) is 11.8 Å². The van der Waals surface area contributed by atoms with Crippen molar-refractivity contribution in [2.75, 3.05) is 4.90 Å². The highest BCUT2D eigenvalue weighted by atomic mass is 16.2. The first kappa shape index (κ1) is 18.4. The van der Waals surface area contributed by atoms with Gasteiger partial charge in [0, 0.05) is 30.2 Å². The Hall–Kier alpha value is -1.35. The minimum Gasteiger partial charge on any atom is -0.309 e. The van der Waals surface area contributed by atoms with Crippen LogP contribution in [0.25, 0.3) is 0 Å². The number of rotatable bonds is 4. The Kier molecular flexibility index (Phi) is 5.83. The van der Waals surface area contributed by atoms with E-state index >= 15 is 0 Å². The van der Waals surface area contributed by atoms with E-state index in [-0.39, 0.29) is 11.9 Å². The molecule has 3 heteroatoms. The number of benzene rings is 1. The highest BCUT2D eigenvalue weighted by molar-refractivity contribution is 5.95. The number of carbonyl (C=O) groups excluding carboxylic acids is 1. The van der Waals surface area contributed by atoms with Crippen molar-refractivity contribution in [1.82, 2.24) is 5.32 Å². The first-order valence-electron chi connectivity index (χ1n) is 10.2. The molecule has 2 atom stereocenters. The summed E-state index contributed by atoms with van der Waals surface area (Å²) < 4.78 is 0. The van der Waals surface area contributed by atoms with Crippen molar-refractivity contribution in [2.45, 2.75) is 84.3 Å². The van der Waals surface area contributed by atoms with Crippen LogP contribution in [0.4, 0.5) is 5.69 Å². The zero-order valence-corrected chi connectivity index (χ0v) is 16.3. The number of anilines is 1. The predicted octanol–water partition coefficient (Wildman–Crippen LogP) is 5.07. The molecule has 25 heavy (non-hydrogen) atoms. The van der Waals surface area contributed by atoms with Crippen molar-refractivity contribution in [1.29, 1.82) is 0 Å². The first-order chi connectivity index (χ1) is 12.0. The van der Waals surface area contributed by atoms with E-state index in [1.165, 1.54) is 31.2 Å². The van der Waals surface area contributed by atoms with Crippen molar-refractivity contribution >= 4 is 11.6 Å². The summed E-state index contributed by atoms with van der Waals surface area (Å²) in [6, 6.07) is 9.72. The SMILES string of the molecule is CCC(=O)N1c2ccccc2[C@H](NC2CCC(C(C)C)CC2)CC1C. The second-order valence-electron chi connectivity index (χ2n) is 8.34. The second-order valence-corrected chi connectivity index (χ2v) is 8.34. The monoisotopic (exact) mass is 342 g/mol. The second kappa shape index (κ2) is 7.90. The summed E-state index contributed by atoms with van der Waals surface area (Å²) in [5, 5.41) is 3.94. The van der Waals surface area contributed by atoms with E-state index in [1.54, 1.807) is 0 Å². The molecule has 0 spiro atoms. The van der Waals surface area contributed by atoms with E-state index in [2.05, 4.69) is 50.4 Å². The summed E-state index contributed by atoms with van der Waals surface area (Å²) in [5.74, 6) is 1.94. The minimum atomic E-state index is 0.232. The molecular formula is C22H34N2O. The van der Waals surface area contributed by atoms with Crippen LogP contribution in [0.5, 0.6) is 0 Å². The van der Waals surface area contributed by atoms with Crippen LogP contribution in [0.15, 0.2) is 24.3 Å². The summed E-state index contributed by atoms with van der Waals surface area (Å²) in [7, 11) is 0. The van der Waals surface area contributed by atoms with Gasteiger partial charge in [0.15, 0.2) is 0 Å². The molecule has 1 aromatic rings. The molecule has 0 aromatic heterocycles. The molecule has 1 N–H and O–H groups in total. The molecule has 1 unspecified atom stereocenters. The van der Waals surface area contributed by atoms with Crippen molar-refractivity contribution in [3.8, 4) is 0 Å². The van der Waals surface area contributed by atoms with Gasteiger partial charge in [0.1, 0.15) is 0 Å². The minimum absolute atomic E-state index is 0.232. The number of hydrogen-bond acceptors (Lipinski definition) is 2. The van der Waals surface area contributed by atoms with Gasteiger partial charge in [-0.05, 0) is 62.5 Å². The van der Waals surface area contributed by atoms with Crippen LogP contribution in [0, 0.1) is 11.8 Å². The molecule has 1 fully saturated rings. The van der Waals surface area contributed by atoms with E-state index in [0.29, 0.717) is 18.5 Å². The lowest BCUT2D eigenvalue weighted by Crippen LogP contribution is -2.47. The average molecular weight is 343 g/mol. The van der Waals surface area contributed by atoms with Gasteiger partial charge in [-0.15, -0.1) is 0 Å². The maximum Gasteiger partial charge on any atom is 0.226 e. The molecule has 1 aliphatic carbocycles. The molecule has 138 valence electrons. The van der Waals surface area contributed by atoms with E-state index in [4.69, 9.17) is 0 Å². The van der Waals surface area contributed by atoms with Crippen LogP contribution < -0.4 is 10.2 Å². The molecule has 0 bridgehead atoms. The lowest BCUT2D eigenvalue weighted by Gasteiger charge is -2.42. The van der Waals surface area contributed by atoms with Gasteiger partial charge < -0.3 is 10.2 Å². The largest absolute Gasteiger partial charge is 0.309 e. The van der Waals surface area contributed by atoms with Gasteiger partial charge in [0.2, 0.25) is 5.91 Å². The van der Waals surface area contributed by atoms with E-state index in [0.717, 1.165) is 23.9 Å². The normalized spacial score (nSPS) is 29.6. The fraction of sp³-hybridized carbons (Fsp3) is 0.682. The molecule has 0 radical (unpaired) electrons. The van der Waals surface area contributed by atoms with Gasteiger partial charge in [0.25, 0.3) is 0 Å². The maximum absolute atomic E-state index is 12.4. The standard InChI is InChI=1S/C22H34N2O/c1-5-22(25)24-16(4)14-20(19-8-6-7-9-21(19)24)23-18-12-10-17(11-13-18)15(2)3/h6-9,15-18,20,23H,5,10-14H2,1-4H3/t16?,17?,18?,20-/m1/s1. The summed E-state index contributed by atoms with van der Waals surface area (Å²) >= 11 is 0. The van der Waals surface area contributed by atoms with Gasteiger partial charge in [0.05, 0.1) is 0 Å². The number of para-hydroxylation sites is 1. The summed E-state index contributed by atoms with van der Waals surface area (Å²) in [5.41, 5.74) is 2.41. The maximum atomic E-state index is 12.4. The van der Waals surface area contributed by atoms with Gasteiger partial charge in [-0.1, -0.05) is 39.0 Å². The number of nitrogens with zero attached hydrogens (tertiary/aromatic N) is 1. The molecule has 1 heterocycles. The van der Waals surface area contributed by atoms with Crippen LogP contribution in [-0.4, -0.2) is 18.0 Å². The third kappa shape index (κ3) is 3.92. The smallest absolute Gasteiger partial charge is 0.226 e. The van der Waals surface area contributed by atoms with Crippen LogP contribution in [0.1, 0.15) is 77.8 Å². The Morgan fingerprint density at radius 1 is 1.20 bits per heavy atom. The number of amides is 1. The van der Waals surface area contributed by atoms with Crippen LogP contribution in [0.2, 0.25) is 0 Å². The molecule has 1 saturated carbocycles. The Morgan fingerprint density at radius 2 is 1.88 bits per heavy atom. The van der Waals surface area contributed by atoms with Gasteiger partial charge in [-0.3, -0.25) is 4.79 Å². The molecule has 1 aliphatic heterocycles. The molecule has 3 nitrogen and oxygen atoms in total. The van der Waals surface area contributed by atoms with Crippen molar-refractivity contribution in [3.05, 3.63) is 29.8 Å². The van der Waals surface area contributed by atoms with Crippen molar-refractivity contribution < 1.29 is 4.79 Å². The molecular weight excluding hydrogens is 308 g/mol. The highest BCUT2D eigenvalue weighted by Gasteiger charge is 2.34. The lowest BCUT2D eigenvalue weighted by atomic mass is 9.79.